The number of benzene rings is 1. The van der Waals surface area contributed by atoms with Crippen LogP contribution >= 0.6 is 23.2 Å². The first kappa shape index (κ1) is 15.4. The largest absolute Gasteiger partial charge is 0.313 e. The topological polar surface area (TPSA) is 29.9 Å². The summed E-state index contributed by atoms with van der Waals surface area (Å²) >= 11 is 12.2. The van der Waals surface area contributed by atoms with E-state index in [2.05, 4.69) is 23.4 Å². The summed E-state index contributed by atoms with van der Waals surface area (Å²) in [6.45, 7) is 2.11. The van der Waals surface area contributed by atoms with Crippen LogP contribution < -0.4 is 5.32 Å². The smallest absolute Gasteiger partial charge is 0.0624 e. The molecule has 1 N–H and O–H groups in total. The predicted octanol–water partition coefficient (Wildman–Crippen LogP) is 3.79. The van der Waals surface area contributed by atoms with E-state index in [0.717, 1.165) is 24.1 Å². The number of aryl methyl sites for hydroxylation is 2. The molecule has 2 aromatic rings. The highest BCUT2D eigenvalue weighted by Crippen LogP contribution is 2.25. The molecule has 1 aromatic heterocycles. The monoisotopic (exact) mass is 311 g/mol. The zero-order valence-electron chi connectivity index (χ0n) is 12.0. The Bertz CT molecular complexity index is 573. The summed E-state index contributed by atoms with van der Waals surface area (Å²) in [5, 5.41) is 9.12. The predicted molar refractivity (Wildman–Crippen MR) is 84.6 cm³/mol. The van der Waals surface area contributed by atoms with E-state index in [4.69, 9.17) is 23.2 Å². The second kappa shape index (κ2) is 6.61. The Hall–Kier alpha value is -1.03. The first-order valence-corrected chi connectivity index (χ1v) is 7.44. The van der Waals surface area contributed by atoms with Gasteiger partial charge in [-0.3, -0.25) is 4.68 Å². The molecule has 1 aromatic carbocycles. The Morgan fingerprint density at radius 3 is 2.35 bits per heavy atom. The van der Waals surface area contributed by atoms with Crippen LogP contribution in [0.4, 0.5) is 0 Å². The van der Waals surface area contributed by atoms with Gasteiger partial charge in [0, 0.05) is 35.2 Å². The zero-order chi connectivity index (χ0) is 14.7. The lowest BCUT2D eigenvalue weighted by Crippen LogP contribution is -2.20. The summed E-state index contributed by atoms with van der Waals surface area (Å²) in [6.07, 6.45) is 1.79. The number of nitrogens with one attached hydrogen (secondary N) is 1. The molecule has 3 nitrogen and oxygen atoms in total. The molecule has 5 heteroatoms. The molecule has 0 spiro atoms. The second-order valence-corrected chi connectivity index (χ2v) is 5.73. The SMILES string of the molecule is CCc1cc(CC(NC)c2cc(Cl)cc(Cl)c2)n(C)n1. The van der Waals surface area contributed by atoms with Crippen molar-refractivity contribution in [1.29, 1.82) is 0 Å². The first-order valence-electron chi connectivity index (χ1n) is 6.68. The van der Waals surface area contributed by atoms with E-state index in [-0.39, 0.29) is 6.04 Å². The average Bonchev–Trinajstić information content (AvgIpc) is 2.75. The number of aromatic nitrogens is 2. The number of hydrogen-bond donors (Lipinski definition) is 1. The third kappa shape index (κ3) is 3.54. The molecule has 0 saturated carbocycles. The number of likely N-dealkylation sites (N-methyl/N-ethyl adjacent to an activating group) is 1. The molecule has 0 amide bonds. The van der Waals surface area contributed by atoms with Gasteiger partial charge >= 0.3 is 0 Å². The zero-order valence-corrected chi connectivity index (χ0v) is 13.5. The molecule has 0 aliphatic carbocycles. The summed E-state index contributed by atoms with van der Waals surface area (Å²) in [4.78, 5) is 0. The van der Waals surface area contributed by atoms with Gasteiger partial charge in [-0.15, -0.1) is 0 Å². The highest BCUT2D eigenvalue weighted by molar-refractivity contribution is 6.34. The van der Waals surface area contributed by atoms with Crippen LogP contribution in [0.2, 0.25) is 10.0 Å². The fourth-order valence-corrected chi connectivity index (χ4v) is 2.85. The normalized spacial score (nSPS) is 12.7. The van der Waals surface area contributed by atoms with E-state index in [1.165, 1.54) is 5.69 Å². The van der Waals surface area contributed by atoms with E-state index >= 15 is 0 Å². The van der Waals surface area contributed by atoms with E-state index in [9.17, 15) is 0 Å². The molecule has 0 aliphatic rings. The minimum Gasteiger partial charge on any atom is -0.313 e. The van der Waals surface area contributed by atoms with Crippen molar-refractivity contribution in [2.45, 2.75) is 25.8 Å². The average molecular weight is 312 g/mol. The molecular formula is C15H19Cl2N3. The third-order valence-electron chi connectivity index (χ3n) is 3.44. The Morgan fingerprint density at radius 1 is 1.20 bits per heavy atom. The van der Waals surface area contributed by atoms with Crippen LogP contribution in [0.15, 0.2) is 24.3 Å². The van der Waals surface area contributed by atoms with Crippen molar-refractivity contribution in [2.24, 2.45) is 7.05 Å². The van der Waals surface area contributed by atoms with E-state index in [1.54, 1.807) is 6.07 Å². The molecule has 1 heterocycles. The van der Waals surface area contributed by atoms with Gasteiger partial charge in [-0.1, -0.05) is 30.1 Å². The van der Waals surface area contributed by atoms with Crippen molar-refractivity contribution in [1.82, 2.24) is 15.1 Å². The van der Waals surface area contributed by atoms with Crippen molar-refractivity contribution in [3.63, 3.8) is 0 Å². The number of halogens is 2. The van der Waals surface area contributed by atoms with Crippen LogP contribution in [0.5, 0.6) is 0 Å². The number of rotatable bonds is 5. The van der Waals surface area contributed by atoms with Crippen LogP contribution in [0.3, 0.4) is 0 Å². The molecule has 0 aliphatic heterocycles. The molecule has 0 saturated heterocycles. The van der Waals surface area contributed by atoms with Gasteiger partial charge in [0.15, 0.2) is 0 Å². The minimum atomic E-state index is 0.159. The lowest BCUT2D eigenvalue weighted by molar-refractivity contribution is 0.561. The highest BCUT2D eigenvalue weighted by Gasteiger charge is 2.14. The molecule has 108 valence electrons. The van der Waals surface area contributed by atoms with E-state index < -0.39 is 0 Å². The van der Waals surface area contributed by atoms with Gasteiger partial charge < -0.3 is 5.32 Å². The molecule has 1 unspecified atom stereocenters. The van der Waals surface area contributed by atoms with Crippen molar-refractivity contribution >= 4 is 23.2 Å². The standard InChI is InChI=1S/C15H19Cl2N3/c1-4-13-8-14(20(3)19-13)9-15(18-2)10-5-11(16)7-12(17)6-10/h5-8,15,18H,4,9H2,1-3H3. The van der Waals surface area contributed by atoms with Gasteiger partial charge in [-0.2, -0.15) is 5.10 Å². The summed E-state index contributed by atoms with van der Waals surface area (Å²) < 4.78 is 1.94. The van der Waals surface area contributed by atoms with Crippen LogP contribution in [0, 0.1) is 0 Å². The lowest BCUT2D eigenvalue weighted by Gasteiger charge is -2.17. The highest BCUT2D eigenvalue weighted by atomic mass is 35.5. The summed E-state index contributed by atoms with van der Waals surface area (Å²) in [6, 6.07) is 7.96. The maximum absolute atomic E-state index is 6.08. The van der Waals surface area contributed by atoms with Gasteiger partial charge in [0.2, 0.25) is 0 Å². The van der Waals surface area contributed by atoms with Gasteiger partial charge in [-0.25, -0.2) is 0 Å². The van der Waals surface area contributed by atoms with E-state index in [1.807, 2.05) is 30.9 Å². The lowest BCUT2D eigenvalue weighted by atomic mass is 10.0. The van der Waals surface area contributed by atoms with Crippen molar-refractivity contribution in [3.8, 4) is 0 Å². The molecule has 2 rings (SSSR count). The summed E-state index contributed by atoms with van der Waals surface area (Å²) in [7, 11) is 3.92. The maximum Gasteiger partial charge on any atom is 0.0624 e. The Labute approximate surface area is 129 Å². The second-order valence-electron chi connectivity index (χ2n) is 4.85. The van der Waals surface area contributed by atoms with Crippen LogP contribution in [0.25, 0.3) is 0 Å². The van der Waals surface area contributed by atoms with E-state index in [0.29, 0.717) is 10.0 Å². The molecular weight excluding hydrogens is 293 g/mol. The van der Waals surface area contributed by atoms with Gasteiger partial charge in [0.25, 0.3) is 0 Å². The fourth-order valence-electron chi connectivity index (χ4n) is 2.31. The Kier molecular flexibility index (Phi) is 5.08. The molecule has 20 heavy (non-hydrogen) atoms. The number of nitrogens with zero attached hydrogens (tertiary/aromatic N) is 2. The quantitative estimate of drug-likeness (QED) is 0.910. The van der Waals surface area contributed by atoms with Crippen LogP contribution in [-0.4, -0.2) is 16.8 Å². The minimum absolute atomic E-state index is 0.159. The van der Waals surface area contributed by atoms with Crippen molar-refractivity contribution < 1.29 is 0 Å². The van der Waals surface area contributed by atoms with Crippen molar-refractivity contribution in [3.05, 3.63) is 51.3 Å². The van der Waals surface area contributed by atoms with Gasteiger partial charge in [0.1, 0.15) is 0 Å². The first-order chi connectivity index (χ1) is 9.53. The summed E-state index contributed by atoms with van der Waals surface area (Å²) in [5.41, 5.74) is 3.39. The molecule has 0 radical (unpaired) electrons. The van der Waals surface area contributed by atoms with Gasteiger partial charge in [0.05, 0.1) is 5.69 Å². The van der Waals surface area contributed by atoms with Crippen LogP contribution in [0.1, 0.15) is 29.9 Å². The Morgan fingerprint density at radius 2 is 1.85 bits per heavy atom. The van der Waals surface area contributed by atoms with Crippen molar-refractivity contribution in [2.75, 3.05) is 7.05 Å². The maximum atomic E-state index is 6.08. The number of hydrogen-bond acceptors (Lipinski definition) is 2. The third-order valence-corrected chi connectivity index (χ3v) is 3.87. The summed E-state index contributed by atoms with van der Waals surface area (Å²) in [5.74, 6) is 0. The Balaban J connectivity index is 2.25. The molecule has 0 fully saturated rings. The fraction of sp³-hybridized carbons (Fsp3) is 0.400. The molecule has 0 bridgehead atoms. The van der Waals surface area contributed by atoms with Crippen LogP contribution in [-0.2, 0) is 19.9 Å². The van der Waals surface area contributed by atoms with Gasteiger partial charge in [-0.05, 0) is 43.3 Å². The molecule has 1 atom stereocenters.